The van der Waals surface area contributed by atoms with Crippen molar-refractivity contribution < 1.29 is 4.39 Å². The van der Waals surface area contributed by atoms with Crippen LogP contribution in [0.5, 0.6) is 0 Å². The number of anilines is 1. The number of nitrogen functional groups attached to an aromatic ring is 1. The molecule has 0 spiro atoms. The first-order valence-corrected chi connectivity index (χ1v) is 6.40. The predicted octanol–water partition coefficient (Wildman–Crippen LogP) is 3.16. The lowest BCUT2D eigenvalue weighted by molar-refractivity contribution is 0.559. The van der Waals surface area contributed by atoms with Gasteiger partial charge in [0.15, 0.2) is 0 Å². The van der Waals surface area contributed by atoms with Gasteiger partial charge in [0.25, 0.3) is 0 Å². The fourth-order valence-corrected chi connectivity index (χ4v) is 2.18. The van der Waals surface area contributed by atoms with Crippen LogP contribution in [0.2, 0.25) is 5.02 Å². The van der Waals surface area contributed by atoms with Gasteiger partial charge in [-0.1, -0.05) is 24.6 Å². The Kier molecular flexibility index (Phi) is 4.35. The maximum Gasteiger partial charge on any atom is 0.128 e. The van der Waals surface area contributed by atoms with Crippen LogP contribution in [-0.4, -0.2) is 11.5 Å². The minimum atomic E-state index is -0.364. The van der Waals surface area contributed by atoms with E-state index in [9.17, 15) is 4.39 Å². The Morgan fingerprint density at radius 1 is 1.37 bits per heavy atom. The zero-order valence-corrected chi connectivity index (χ0v) is 11.3. The SMILES string of the molecule is CCNC(c1cc(Cl)ccc1F)c1cccnc1N. The molecule has 0 aliphatic rings. The van der Waals surface area contributed by atoms with E-state index in [1.165, 1.54) is 12.1 Å². The fourth-order valence-electron chi connectivity index (χ4n) is 2.00. The normalized spacial score (nSPS) is 12.4. The molecule has 19 heavy (non-hydrogen) atoms. The molecule has 2 rings (SSSR count). The highest BCUT2D eigenvalue weighted by Gasteiger charge is 2.19. The highest BCUT2D eigenvalue weighted by Crippen LogP contribution is 2.29. The maximum atomic E-state index is 14.0. The largest absolute Gasteiger partial charge is 0.383 e. The van der Waals surface area contributed by atoms with Crippen LogP contribution in [0, 0.1) is 5.82 Å². The van der Waals surface area contributed by atoms with Gasteiger partial charge < -0.3 is 11.1 Å². The molecule has 3 nitrogen and oxygen atoms in total. The summed E-state index contributed by atoms with van der Waals surface area (Å²) in [5.74, 6) is 0.0615. The Balaban J connectivity index is 2.51. The Morgan fingerprint density at radius 2 is 2.16 bits per heavy atom. The van der Waals surface area contributed by atoms with Gasteiger partial charge in [-0.3, -0.25) is 0 Å². The van der Waals surface area contributed by atoms with Crippen molar-refractivity contribution in [3.05, 3.63) is 58.5 Å². The molecule has 0 aliphatic heterocycles. The van der Waals surface area contributed by atoms with E-state index in [1.54, 1.807) is 18.3 Å². The Hall–Kier alpha value is -1.65. The Morgan fingerprint density at radius 3 is 2.84 bits per heavy atom. The minimum Gasteiger partial charge on any atom is -0.383 e. The summed E-state index contributed by atoms with van der Waals surface area (Å²) >= 11 is 5.95. The molecule has 0 fully saturated rings. The first kappa shape index (κ1) is 13.8. The molecule has 0 bridgehead atoms. The number of halogens is 2. The second-order valence-corrected chi connectivity index (χ2v) is 4.57. The van der Waals surface area contributed by atoms with Crippen LogP contribution in [0.3, 0.4) is 0 Å². The summed E-state index contributed by atoms with van der Waals surface area (Å²) in [6, 6.07) is 7.73. The fraction of sp³-hybridized carbons (Fsp3) is 0.214. The smallest absolute Gasteiger partial charge is 0.128 e. The van der Waals surface area contributed by atoms with Crippen LogP contribution in [0.15, 0.2) is 36.5 Å². The molecule has 0 aliphatic carbocycles. The third kappa shape index (κ3) is 3.03. The van der Waals surface area contributed by atoms with Gasteiger partial charge in [-0.15, -0.1) is 0 Å². The van der Waals surface area contributed by atoms with Gasteiger partial charge in [0.1, 0.15) is 11.6 Å². The number of hydrogen-bond donors (Lipinski definition) is 2. The molecule has 0 saturated carbocycles. The van der Waals surface area contributed by atoms with Gasteiger partial charge in [0, 0.05) is 22.3 Å². The van der Waals surface area contributed by atoms with Crippen molar-refractivity contribution >= 4 is 17.4 Å². The molecule has 1 heterocycles. The van der Waals surface area contributed by atoms with E-state index in [-0.39, 0.29) is 11.9 Å². The molecule has 1 unspecified atom stereocenters. The van der Waals surface area contributed by atoms with E-state index in [4.69, 9.17) is 17.3 Å². The number of pyridine rings is 1. The molecular weight excluding hydrogens is 265 g/mol. The van der Waals surface area contributed by atoms with Crippen LogP contribution in [-0.2, 0) is 0 Å². The summed E-state index contributed by atoms with van der Waals surface area (Å²) in [6.07, 6.45) is 1.61. The van der Waals surface area contributed by atoms with Crippen LogP contribution >= 0.6 is 11.6 Å². The van der Waals surface area contributed by atoms with Crippen molar-refractivity contribution in [2.24, 2.45) is 0 Å². The molecule has 0 radical (unpaired) electrons. The molecule has 0 amide bonds. The average molecular weight is 280 g/mol. The number of nitrogens with two attached hydrogens (primary N) is 1. The molecule has 1 aromatic heterocycles. The lowest BCUT2D eigenvalue weighted by Crippen LogP contribution is -2.24. The molecule has 5 heteroatoms. The zero-order chi connectivity index (χ0) is 13.8. The summed E-state index contributed by atoms with van der Waals surface area (Å²) < 4.78 is 14.0. The summed E-state index contributed by atoms with van der Waals surface area (Å²) in [4.78, 5) is 4.04. The summed E-state index contributed by atoms with van der Waals surface area (Å²) in [5.41, 5.74) is 7.08. The van der Waals surface area contributed by atoms with Crippen molar-refractivity contribution in [1.82, 2.24) is 10.3 Å². The maximum absolute atomic E-state index is 14.0. The quantitative estimate of drug-likeness (QED) is 0.904. The number of rotatable bonds is 4. The summed E-state index contributed by atoms with van der Waals surface area (Å²) in [6.45, 7) is 2.62. The van der Waals surface area contributed by atoms with Crippen molar-refractivity contribution in [3.63, 3.8) is 0 Å². The second-order valence-electron chi connectivity index (χ2n) is 4.13. The van der Waals surface area contributed by atoms with Crippen LogP contribution in [0.4, 0.5) is 10.2 Å². The van der Waals surface area contributed by atoms with Crippen LogP contribution in [0.25, 0.3) is 0 Å². The van der Waals surface area contributed by atoms with Crippen molar-refractivity contribution in [2.75, 3.05) is 12.3 Å². The Labute approximate surface area is 116 Å². The highest BCUT2D eigenvalue weighted by molar-refractivity contribution is 6.30. The minimum absolute atomic E-state index is 0.321. The molecular formula is C14H15ClFN3. The zero-order valence-electron chi connectivity index (χ0n) is 10.5. The first-order valence-electron chi connectivity index (χ1n) is 6.02. The van der Waals surface area contributed by atoms with E-state index in [1.807, 2.05) is 13.0 Å². The lowest BCUT2D eigenvalue weighted by atomic mass is 9.98. The number of hydrogen-bond acceptors (Lipinski definition) is 3. The number of aromatic nitrogens is 1. The first-order chi connectivity index (χ1) is 9.13. The Bertz CT molecular complexity index is 574. The van der Waals surface area contributed by atoms with E-state index < -0.39 is 0 Å². The molecule has 1 aromatic carbocycles. The third-order valence-corrected chi connectivity index (χ3v) is 3.09. The van der Waals surface area contributed by atoms with E-state index in [2.05, 4.69) is 10.3 Å². The highest BCUT2D eigenvalue weighted by atomic mass is 35.5. The van der Waals surface area contributed by atoms with Crippen LogP contribution < -0.4 is 11.1 Å². The topological polar surface area (TPSA) is 50.9 Å². The molecule has 100 valence electrons. The van der Waals surface area contributed by atoms with Gasteiger partial charge in [0.05, 0.1) is 6.04 Å². The number of benzene rings is 1. The predicted molar refractivity (Wildman–Crippen MR) is 75.6 cm³/mol. The molecule has 0 saturated heterocycles. The number of nitrogens with one attached hydrogen (secondary N) is 1. The molecule has 2 aromatic rings. The lowest BCUT2D eigenvalue weighted by Gasteiger charge is -2.20. The second kappa shape index (κ2) is 5.99. The average Bonchev–Trinajstić information content (AvgIpc) is 2.40. The van der Waals surface area contributed by atoms with Crippen LogP contribution in [0.1, 0.15) is 24.1 Å². The van der Waals surface area contributed by atoms with Gasteiger partial charge in [-0.05, 0) is 30.8 Å². The van der Waals surface area contributed by atoms with Gasteiger partial charge in [-0.25, -0.2) is 9.37 Å². The number of nitrogens with zero attached hydrogens (tertiary/aromatic N) is 1. The van der Waals surface area contributed by atoms with E-state index in [0.29, 0.717) is 22.9 Å². The van der Waals surface area contributed by atoms with Gasteiger partial charge >= 0.3 is 0 Å². The third-order valence-electron chi connectivity index (χ3n) is 2.86. The monoisotopic (exact) mass is 279 g/mol. The van der Waals surface area contributed by atoms with Crippen molar-refractivity contribution in [2.45, 2.75) is 13.0 Å². The molecule has 1 atom stereocenters. The molecule has 3 N–H and O–H groups in total. The van der Waals surface area contributed by atoms with E-state index in [0.717, 1.165) is 5.56 Å². The van der Waals surface area contributed by atoms with Crippen molar-refractivity contribution in [1.29, 1.82) is 0 Å². The van der Waals surface area contributed by atoms with Crippen molar-refractivity contribution in [3.8, 4) is 0 Å². The van der Waals surface area contributed by atoms with E-state index >= 15 is 0 Å². The summed E-state index contributed by atoms with van der Waals surface area (Å²) in [7, 11) is 0. The standard InChI is InChI=1S/C14H15ClFN3/c1-2-18-13(10-4-3-7-19-14(10)17)11-8-9(15)5-6-12(11)16/h3-8,13,18H,2H2,1H3,(H2,17,19). The summed E-state index contributed by atoms with van der Waals surface area (Å²) in [5, 5.41) is 3.69. The van der Waals surface area contributed by atoms with Gasteiger partial charge in [0.2, 0.25) is 0 Å². The van der Waals surface area contributed by atoms with Gasteiger partial charge in [-0.2, -0.15) is 0 Å².